The monoisotopic (exact) mass is 482 g/mol. The zero-order chi connectivity index (χ0) is 24.4. The van der Waals surface area contributed by atoms with E-state index in [0.29, 0.717) is 17.4 Å². The van der Waals surface area contributed by atoms with E-state index in [-0.39, 0.29) is 35.7 Å². The lowest BCUT2D eigenvalue weighted by molar-refractivity contribution is -0.132. The van der Waals surface area contributed by atoms with Crippen molar-refractivity contribution in [1.29, 1.82) is 0 Å². The highest BCUT2D eigenvalue weighted by Crippen LogP contribution is 2.38. The first-order valence-corrected chi connectivity index (χ1v) is 11.2. The molecule has 176 valence electrons. The molecule has 0 saturated carbocycles. The molecule has 9 nitrogen and oxygen atoms in total. The third-order valence-electron chi connectivity index (χ3n) is 5.49. The summed E-state index contributed by atoms with van der Waals surface area (Å²) in [5, 5.41) is 17.1. The molecule has 0 fully saturated rings. The quantitative estimate of drug-likeness (QED) is 0.558. The number of hydrogen-bond donors (Lipinski definition) is 2. The largest absolute Gasteiger partial charge is 0.494 e. The number of halogens is 1. The number of hydrogen-bond acceptors (Lipinski definition) is 6. The number of aromatic amines is 1. The summed E-state index contributed by atoms with van der Waals surface area (Å²) < 4.78 is 6.68. The van der Waals surface area contributed by atoms with Crippen LogP contribution in [-0.4, -0.2) is 37.9 Å². The molecule has 0 radical (unpaired) electrons. The van der Waals surface area contributed by atoms with Gasteiger partial charge in [0.15, 0.2) is 0 Å². The molecule has 1 aliphatic heterocycles. The Balaban J connectivity index is 1.85. The van der Waals surface area contributed by atoms with Crippen molar-refractivity contribution in [3.05, 3.63) is 85.5 Å². The molecule has 2 N–H and O–H groups in total. The van der Waals surface area contributed by atoms with Crippen LogP contribution in [0.15, 0.2) is 63.2 Å². The lowest BCUT2D eigenvalue weighted by atomic mass is 9.98. The maximum Gasteiger partial charge on any atom is 0.335 e. The number of rotatable bonds is 6. The molecule has 1 aliphatic rings. The fraction of sp³-hybridized carbons (Fsp3) is 0.250. The number of carbonyl (C=O) groups excluding carboxylic acids is 1. The van der Waals surface area contributed by atoms with Crippen LogP contribution >= 0.6 is 11.6 Å². The molecule has 2 heterocycles. The number of ether oxygens (including phenoxy) is 1. The third-order valence-corrected chi connectivity index (χ3v) is 5.72. The van der Waals surface area contributed by atoms with E-state index in [2.05, 4.69) is 10.1 Å². The molecule has 4 rings (SSSR count). The molecule has 1 aromatic heterocycles. The van der Waals surface area contributed by atoms with Gasteiger partial charge in [0.25, 0.3) is 5.56 Å². The molecule has 0 aliphatic carbocycles. The van der Waals surface area contributed by atoms with Crippen LogP contribution in [0.3, 0.4) is 0 Å². The number of aromatic hydroxyl groups is 1. The van der Waals surface area contributed by atoms with E-state index in [0.717, 1.165) is 10.1 Å². The second kappa shape index (κ2) is 9.56. The highest BCUT2D eigenvalue weighted by Gasteiger charge is 2.36. The predicted molar refractivity (Wildman–Crippen MR) is 128 cm³/mol. The van der Waals surface area contributed by atoms with Crippen LogP contribution in [-0.2, 0) is 4.79 Å². The average molecular weight is 483 g/mol. The average Bonchev–Trinajstić information content (AvgIpc) is 3.23. The van der Waals surface area contributed by atoms with Gasteiger partial charge in [-0.15, -0.1) is 0 Å². The van der Waals surface area contributed by atoms with Crippen LogP contribution < -0.4 is 16.0 Å². The number of carbonyl (C=O) groups is 1. The lowest BCUT2D eigenvalue weighted by Crippen LogP contribution is -2.33. The number of benzene rings is 2. The molecule has 0 spiro atoms. The van der Waals surface area contributed by atoms with Gasteiger partial charge in [-0.25, -0.2) is 14.4 Å². The van der Waals surface area contributed by atoms with Crippen LogP contribution in [0.4, 0.5) is 0 Å². The van der Waals surface area contributed by atoms with Gasteiger partial charge in [-0.1, -0.05) is 42.8 Å². The normalized spacial score (nSPS) is 15.3. The summed E-state index contributed by atoms with van der Waals surface area (Å²) in [4.78, 5) is 40.3. The molecule has 0 bridgehead atoms. The van der Waals surface area contributed by atoms with E-state index in [1.807, 2.05) is 25.1 Å². The highest BCUT2D eigenvalue weighted by molar-refractivity contribution is 6.30. The Labute approximate surface area is 199 Å². The molecule has 1 atom stereocenters. The Morgan fingerprint density at radius 1 is 1.21 bits per heavy atom. The summed E-state index contributed by atoms with van der Waals surface area (Å²) in [6, 6.07) is 13.0. The maximum absolute atomic E-state index is 12.8. The van der Waals surface area contributed by atoms with Crippen molar-refractivity contribution in [2.75, 3.05) is 6.61 Å². The van der Waals surface area contributed by atoms with Gasteiger partial charge in [-0.05, 0) is 31.2 Å². The standard InChI is InChI=1S/C24H23ClN4O5/c1-3-20(30)29-18(16-10-5-6-11-19(16)34-4-2)13-17(27-29)21-22(31)26-24(33)28(23(21)32)15-9-7-8-14(25)12-15/h5-12,18,32H,3-4,13H2,1-2H3,(H,26,31,33). The first kappa shape index (κ1) is 23.3. The van der Waals surface area contributed by atoms with Crippen LogP contribution in [0, 0.1) is 0 Å². The highest BCUT2D eigenvalue weighted by atomic mass is 35.5. The van der Waals surface area contributed by atoms with Crippen molar-refractivity contribution < 1.29 is 14.6 Å². The maximum atomic E-state index is 12.8. The van der Waals surface area contributed by atoms with Gasteiger partial charge in [0.1, 0.15) is 11.3 Å². The third kappa shape index (κ3) is 4.22. The number of amides is 1. The van der Waals surface area contributed by atoms with Crippen LogP contribution in [0.5, 0.6) is 11.6 Å². The Bertz CT molecular complexity index is 1390. The first-order chi connectivity index (χ1) is 16.3. The summed E-state index contributed by atoms with van der Waals surface area (Å²) in [5.74, 6) is -0.245. The van der Waals surface area contributed by atoms with Gasteiger partial charge in [0.2, 0.25) is 11.8 Å². The molecular formula is C24H23ClN4O5. The minimum absolute atomic E-state index is 0.139. The second-order valence-corrected chi connectivity index (χ2v) is 8.04. The van der Waals surface area contributed by atoms with Crippen molar-refractivity contribution in [2.24, 2.45) is 5.10 Å². The van der Waals surface area contributed by atoms with E-state index in [4.69, 9.17) is 16.3 Å². The van der Waals surface area contributed by atoms with Gasteiger partial charge >= 0.3 is 5.69 Å². The number of nitrogens with one attached hydrogen (secondary N) is 1. The topological polar surface area (TPSA) is 117 Å². The van der Waals surface area contributed by atoms with Crippen molar-refractivity contribution in [3.8, 4) is 17.3 Å². The Kier molecular flexibility index (Phi) is 6.56. The number of para-hydroxylation sites is 1. The van der Waals surface area contributed by atoms with Crippen molar-refractivity contribution in [1.82, 2.24) is 14.6 Å². The summed E-state index contributed by atoms with van der Waals surface area (Å²) >= 11 is 6.05. The predicted octanol–water partition coefficient (Wildman–Crippen LogP) is 3.37. The number of aromatic nitrogens is 2. The molecule has 1 amide bonds. The van der Waals surface area contributed by atoms with E-state index in [1.165, 1.54) is 11.1 Å². The zero-order valence-electron chi connectivity index (χ0n) is 18.6. The Morgan fingerprint density at radius 2 is 1.97 bits per heavy atom. The molecular weight excluding hydrogens is 460 g/mol. The summed E-state index contributed by atoms with van der Waals surface area (Å²) in [6.07, 6.45) is 0.328. The smallest absolute Gasteiger partial charge is 0.335 e. The SMILES string of the molecule is CCOc1ccccc1C1CC(c2c(O)n(-c3cccc(Cl)c3)c(=O)[nH]c2=O)=NN1C(=O)CC. The zero-order valence-corrected chi connectivity index (χ0v) is 19.4. The first-order valence-electron chi connectivity index (χ1n) is 10.8. The number of nitrogens with zero attached hydrogens (tertiary/aromatic N) is 3. The molecule has 2 aromatic carbocycles. The fourth-order valence-electron chi connectivity index (χ4n) is 3.98. The summed E-state index contributed by atoms with van der Waals surface area (Å²) in [5.41, 5.74) is -0.652. The fourth-order valence-corrected chi connectivity index (χ4v) is 4.16. The van der Waals surface area contributed by atoms with Gasteiger partial charge in [0, 0.05) is 23.4 Å². The van der Waals surface area contributed by atoms with Crippen LogP contribution in [0.2, 0.25) is 5.02 Å². The van der Waals surface area contributed by atoms with Crippen molar-refractivity contribution >= 4 is 23.2 Å². The van der Waals surface area contributed by atoms with Gasteiger partial charge in [-0.3, -0.25) is 14.6 Å². The summed E-state index contributed by atoms with van der Waals surface area (Å²) in [6.45, 7) is 4.01. The minimum Gasteiger partial charge on any atom is -0.494 e. The number of hydrazone groups is 1. The molecule has 1 unspecified atom stereocenters. The number of H-pyrrole nitrogens is 1. The van der Waals surface area contributed by atoms with E-state index in [9.17, 15) is 19.5 Å². The van der Waals surface area contributed by atoms with Crippen LogP contribution in [0.1, 0.15) is 43.9 Å². The Hall–Kier alpha value is -3.85. The van der Waals surface area contributed by atoms with Crippen molar-refractivity contribution in [2.45, 2.75) is 32.7 Å². The lowest BCUT2D eigenvalue weighted by Gasteiger charge is -2.23. The van der Waals surface area contributed by atoms with Crippen molar-refractivity contribution in [3.63, 3.8) is 0 Å². The van der Waals surface area contributed by atoms with Gasteiger partial charge in [-0.2, -0.15) is 5.10 Å². The van der Waals surface area contributed by atoms with E-state index in [1.54, 1.807) is 31.2 Å². The van der Waals surface area contributed by atoms with Crippen LogP contribution in [0.25, 0.3) is 5.69 Å². The molecule has 3 aromatic rings. The molecule has 10 heteroatoms. The second-order valence-electron chi connectivity index (χ2n) is 7.60. The van der Waals surface area contributed by atoms with Gasteiger partial charge < -0.3 is 9.84 Å². The molecule has 34 heavy (non-hydrogen) atoms. The molecule has 0 saturated heterocycles. The van der Waals surface area contributed by atoms with E-state index >= 15 is 0 Å². The summed E-state index contributed by atoms with van der Waals surface area (Å²) in [7, 11) is 0. The van der Waals surface area contributed by atoms with Gasteiger partial charge in [0.05, 0.1) is 24.0 Å². The minimum atomic E-state index is -0.827. The van der Waals surface area contributed by atoms with E-state index < -0.39 is 23.2 Å². The Morgan fingerprint density at radius 3 is 2.68 bits per heavy atom.